The molecule has 0 N–H and O–H groups in total. The standard InChI is InChI=1S/C29H31N3O2/c33-25(22-31-18-8-9-19-31)15-7-10-20-34-26-16-17-27-28(21-26)32(24-13-5-2-6-14-24)29(30-27)23-11-3-1-4-12-23/h1-6,11-14,16-17,21H,7-10,15,18-20,22H2. The maximum absolute atomic E-state index is 12.2. The van der Waals surface area contributed by atoms with E-state index in [0.717, 1.165) is 59.8 Å². The highest BCUT2D eigenvalue weighted by Gasteiger charge is 2.16. The van der Waals surface area contributed by atoms with E-state index in [1.807, 2.05) is 48.5 Å². The number of likely N-dealkylation sites (tertiary alicyclic amines) is 1. The van der Waals surface area contributed by atoms with Crippen LogP contribution in [-0.2, 0) is 4.79 Å². The van der Waals surface area contributed by atoms with E-state index in [9.17, 15) is 4.79 Å². The summed E-state index contributed by atoms with van der Waals surface area (Å²) in [6.07, 6.45) is 4.83. The Balaban J connectivity index is 1.27. The number of ether oxygens (including phenoxy) is 1. The highest BCUT2D eigenvalue weighted by atomic mass is 16.5. The number of Topliss-reactive ketones (excluding diaryl/α,β-unsaturated/α-hetero) is 1. The Morgan fingerprint density at radius 3 is 2.38 bits per heavy atom. The van der Waals surface area contributed by atoms with E-state index < -0.39 is 0 Å². The molecule has 0 spiro atoms. The molecule has 1 aliphatic heterocycles. The molecule has 1 aliphatic rings. The van der Waals surface area contributed by atoms with Crippen LogP contribution >= 0.6 is 0 Å². The fourth-order valence-corrected chi connectivity index (χ4v) is 4.65. The molecule has 1 saturated heterocycles. The number of carbonyl (C=O) groups is 1. The number of ketones is 1. The predicted molar refractivity (Wildman–Crippen MR) is 137 cm³/mol. The van der Waals surface area contributed by atoms with Crippen LogP contribution in [0.25, 0.3) is 28.1 Å². The Kier molecular flexibility index (Phi) is 7.01. The van der Waals surface area contributed by atoms with Crippen molar-refractivity contribution in [2.24, 2.45) is 0 Å². The first-order valence-electron chi connectivity index (χ1n) is 12.3. The Bertz CT molecular complexity index is 1230. The molecule has 1 fully saturated rings. The molecule has 34 heavy (non-hydrogen) atoms. The zero-order chi connectivity index (χ0) is 23.2. The third-order valence-corrected chi connectivity index (χ3v) is 6.39. The molecule has 0 amide bonds. The molecule has 0 atom stereocenters. The van der Waals surface area contributed by atoms with Crippen LogP contribution in [0.1, 0.15) is 32.1 Å². The molecule has 0 unspecified atom stereocenters. The smallest absolute Gasteiger partial charge is 0.146 e. The Morgan fingerprint density at radius 1 is 0.882 bits per heavy atom. The van der Waals surface area contributed by atoms with Crippen LogP contribution < -0.4 is 4.74 Å². The van der Waals surface area contributed by atoms with Crippen LogP contribution in [0.5, 0.6) is 5.75 Å². The molecule has 5 heteroatoms. The van der Waals surface area contributed by atoms with Crippen LogP contribution in [-0.4, -0.2) is 46.5 Å². The second-order valence-corrected chi connectivity index (χ2v) is 8.95. The van der Waals surface area contributed by atoms with Gasteiger partial charge in [-0.3, -0.25) is 14.3 Å². The summed E-state index contributed by atoms with van der Waals surface area (Å²) in [4.78, 5) is 19.4. The molecular formula is C29H31N3O2. The van der Waals surface area contributed by atoms with E-state index >= 15 is 0 Å². The molecule has 2 heterocycles. The van der Waals surface area contributed by atoms with Gasteiger partial charge in [0.05, 0.1) is 24.2 Å². The fourth-order valence-electron chi connectivity index (χ4n) is 4.65. The lowest BCUT2D eigenvalue weighted by molar-refractivity contribution is -0.120. The fraction of sp³-hybridized carbons (Fsp3) is 0.310. The van der Waals surface area contributed by atoms with Crippen LogP contribution in [0, 0.1) is 0 Å². The topological polar surface area (TPSA) is 47.4 Å². The number of hydrogen-bond acceptors (Lipinski definition) is 4. The Morgan fingerprint density at radius 2 is 1.62 bits per heavy atom. The third-order valence-electron chi connectivity index (χ3n) is 6.39. The second kappa shape index (κ2) is 10.7. The molecule has 5 nitrogen and oxygen atoms in total. The van der Waals surface area contributed by atoms with Gasteiger partial charge in [-0.25, -0.2) is 4.98 Å². The summed E-state index contributed by atoms with van der Waals surface area (Å²) in [5.41, 5.74) is 4.09. The molecular weight excluding hydrogens is 422 g/mol. The summed E-state index contributed by atoms with van der Waals surface area (Å²) in [5.74, 6) is 2.09. The number of fused-ring (bicyclic) bond motifs is 1. The van der Waals surface area contributed by atoms with Crippen molar-refractivity contribution in [1.82, 2.24) is 14.5 Å². The molecule has 1 aromatic heterocycles. The SMILES string of the molecule is O=C(CCCCOc1ccc2nc(-c3ccccc3)n(-c3ccccc3)c2c1)CN1CCCC1. The van der Waals surface area contributed by atoms with E-state index in [0.29, 0.717) is 25.4 Å². The molecule has 0 aliphatic carbocycles. The van der Waals surface area contributed by atoms with Crippen molar-refractivity contribution in [2.45, 2.75) is 32.1 Å². The zero-order valence-corrected chi connectivity index (χ0v) is 19.5. The number of nitrogens with zero attached hydrogens (tertiary/aromatic N) is 3. The van der Waals surface area contributed by atoms with Gasteiger partial charge in [-0.2, -0.15) is 0 Å². The van der Waals surface area contributed by atoms with E-state index in [2.05, 4.69) is 39.8 Å². The van der Waals surface area contributed by atoms with Gasteiger partial charge in [0.2, 0.25) is 0 Å². The normalized spacial score (nSPS) is 14.0. The number of unbranched alkanes of at least 4 members (excludes halogenated alkanes) is 1. The maximum Gasteiger partial charge on any atom is 0.146 e. The van der Waals surface area contributed by atoms with Crippen molar-refractivity contribution in [3.63, 3.8) is 0 Å². The Hall–Kier alpha value is -3.44. The maximum atomic E-state index is 12.2. The van der Waals surface area contributed by atoms with Gasteiger partial charge in [0.15, 0.2) is 0 Å². The van der Waals surface area contributed by atoms with E-state index in [-0.39, 0.29) is 0 Å². The van der Waals surface area contributed by atoms with Gasteiger partial charge in [0.25, 0.3) is 0 Å². The zero-order valence-electron chi connectivity index (χ0n) is 19.5. The largest absolute Gasteiger partial charge is 0.494 e. The second-order valence-electron chi connectivity index (χ2n) is 8.95. The van der Waals surface area contributed by atoms with Gasteiger partial charge in [0, 0.05) is 23.7 Å². The van der Waals surface area contributed by atoms with Crippen molar-refractivity contribution < 1.29 is 9.53 Å². The van der Waals surface area contributed by atoms with E-state index in [1.54, 1.807) is 0 Å². The molecule has 0 bridgehead atoms. The predicted octanol–water partition coefficient (Wildman–Crippen LogP) is 5.91. The van der Waals surface area contributed by atoms with Gasteiger partial charge >= 0.3 is 0 Å². The number of hydrogen-bond donors (Lipinski definition) is 0. The first-order valence-corrected chi connectivity index (χ1v) is 12.3. The first kappa shape index (κ1) is 22.4. The minimum atomic E-state index is 0.350. The minimum absolute atomic E-state index is 0.350. The van der Waals surface area contributed by atoms with Crippen LogP contribution in [0.3, 0.4) is 0 Å². The van der Waals surface area contributed by atoms with Crippen LogP contribution in [0.4, 0.5) is 0 Å². The van der Waals surface area contributed by atoms with Gasteiger partial charge in [0.1, 0.15) is 17.4 Å². The lowest BCUT2D eigenvalue weighted by atomic mass is 10.2. The van der Waals surface area contributed by atoms with Gasteiger partial charge in [-0.1, -0.05) is 48.5 Å². The Labute approximate surface area is 201 Å². The lowest BCUT2D eigenvalue weighted by Gasteiger charge is -2.13. The summed E-state index contributed by atoms with van der Waals surface area (Å²) in [7, 11) is 0. The number of rotatable bonds is 10. The van der Waals surface area contributed by atoms with Crippen molar-refractivity contribution in [3.05, 3.63) is 78.9 Å². The number of carbonyl (C=O) groups excluding carboxylic acids is 1. The van der Waals surface area contributed by atoms with Crippen molar-refractivity contribution >= 4 is 16.8 Å². The summed E-state index contributed by atoms with van der Waals surface area (Å²) in [6, 6.07) is 26.6. The third kappa shape index (κ3) is 5.20. The minimum Gasteiger partial charge on any atom is -0.494 e. The van der Waals surface area contributed by atoms with Crippen LogP contribution in [0.2, 0.25) is 0 Å². The molecule has 0 radical (unpaired) electrons. The molecule has 0 saturated carbocycles. The number of para-hydroxylation sites is 1. The number of aromatic nitrogens is 2. The highest BCUT2D eigenvalue weighted by molar-refractivity contribution is 5.84. The van der Waals surface area contributed by atoms with Crippen molar-refractivity contribution in [1.29, 1.82) is 0 Å². The van der Waals surface area contributed by atoms with Crippen molar-refractivity contribution in [3.8, 4) is 22.8 Å². The summed E-state index contributed by atoms with van der Waals surface area (Å²) in [5, 5.41) is 0. The molecule has 4 aromatic rings. The van der Waals surface area contributed by atoms with Gasteiger partial charge < -0.3 is 4.74 Å². The van der Waals surface area contributed by atoms with Crippen molar-refractivity contribution in [2.75, 3.05) is 26.2 Å². The van der Waals surface area contributed by atoms with Crippen LogP contribution in [0.15, 0.2) is 78.9 Å². The van der Waals surface area contributed by atoms with Gasteiger partial charge in [-0.05, 0) is 63.0 Å². The summed E-state index contributed by atoms with van der Waals surface area (Å²) >= 11 is 0. The summed E-state index contributed by atoms with van der Waals surface area (Å²) in [6.45, 7) is 3.37. The van der Waals surface area contributed by atoms with Gasteiger partial charge in [-0.15, -0.1) is 0 Å². The number of imidazole rings is 1. The lowest BCUT2D eigenvalue weighted by Crippen LogP contribution is -2.26. The first-order chi connectivity index (χ1) is 16.8. The average Bonchev–Trinajstić information content (AvgIpc) is 3.52. The highest BCUT2D eigenvalue weighted by Crippen LogP contribution is 2.30. The molecule has 174 valence electrons. The number of benzene rings is 3. The summed E-state index contributed by atoms with van der Waals surface area (Å²) < 4.78 is 8.26. The van der Waals surface area contributed by atoms with E-state index in [1.165, 1.54) is 12.8 Å². The molecule has 5 rings (SSSR count). The van der Waals surface area contributed by atoms with E-state index in [4.69, 9.17) is 9.72 Å². The monoisotopic (exact) mass is 453 g/mol. The molecule has 3 aromatic carbocycles. The average molecular weight is 454 g/mol. The quantitative estimate of drug-likeness (QED) is 0.280.